The highest BCUT2D eigenvalue weighted by Crippen LogP contribution is 2.13. The van der Waals surface area contributed by atoms with Crippen LogP contribution in [0.1, 0.15) is 226 Å². The zero-order valence-electron chi connectivity index (χ0n) is 50.0. The normalized spacial score (nSPS) is 13.5. The van der Waals surface area contributed by atoms with Crippen LogP contribution in [0.4, 0.5) is 0 Å². The maximum absolute atomic E-state index is 12.9. The summed E-state index contributed by atoms with van der Waals surface area (Å²) in [5.74, 6) is -1.11. The number of rotatable bonds is 53. The van der Waals surface area contributed by atoms with Crippen molar-refractivity contribution in [2.24, 2.45) is 0 Å². The van der Waals surface area contributed by atoms with E-state index in [4.69, 9.17) is 14.2 Å². The van der Waals surface area contributed by atoms with E-state index in [0.717, 1.165) is 161 Å². The smallest absolute Gasteiger partial charge is 0.309 e. The van der Waals surface area contributed by atoms with Gasteiger partial charge in [-0.25, -0.2) is 0 Å². The molecule has 0 spiro atoms. The molecular weight excluding hydrogens is 973 g/mol. The topological polar surface area (TPSA) is 78.9 Å². The van der Waals surface area contributed by atoms with E-state index in [1.807, 2.05) is 6.08 Å². The molecular formula is C73H110O6. The van der Waals surface area contributed by atoms with Crippen LogP contribution >= 0.6 is 0 Å². The fourth-order valence-corrected chi connectivity index (χ4v) is 7.60. The number of ether oxygens (including phenoxy) is 3. The quantitative estimate of drug-likeness (QED) is 0.0261. The molecule has 6 nitrogen and oxygen atoms in total. The summed E-state index contributed by atoms with van der Waals surface area (Å²) in [6.07, 6.45) is 98.8. The lowest BCUT2D eigenvalue weighted by Gasteiger charge is -2.18. The van der Waals surface area contributed by atoms with Crippen molar-refractivity contribution in [2.75, 3.05) is 13.2 Å². The fraction of sp³-hybridized carbons (Fsp3) is 0.521. The van der Waals surface area contributed by atoms with Gasteiger partial charge in [0.1, 0.15) is 13.2 Å². The molecule has 0 rings (SSSR count). The molecule has 0 radical (unpaired) electrons. The lowest BCUT2D eigenvalue weighted by atomic mass is 10.1. The van der Waals surface area contributed by atoms with Gasteiger partial charge in [-0.05, 0) is 141 Å². The van der Waals surface area contributed by atoms with Gasteiger partial charge in [-0.1, -0.05) is 260 Å². The monoisotopic (exact) mass is 1080 g/mol. The Bertz CT molecular complexity index is 1920. The van der Waals surface area contributed by atoms with Crippen molar-refractivity contribution < 1.29 is 28.6 Å². The molecule has 0 aromatic carbocycles. The van der Waals surface area contributed by atoms with Gasteiger partial charge in [0.05, 0.1) is 6.42 Å². The molecule has 1 atom stereocenters. The average Bonchev–Trinajstić information content (AvgIpc) is 3.45. The van der Waals surface area contributed by atoms with Crippen LogP contribution < -0.4 is 0 Å². The van der Waals surface area contributed by atoms with Gasteiger partial charge < -0.3 is 14.2 Å². The third-order valence-corrected chi connectivity index (χ3v) is 12.1. The maximum Gasteiger partial charge on any atom is 0.309 e. The summed E-state index contributed by atoms with van der Waals surface area (Å²) in [7, 11) is 0. The first kappa shape index (κ1) is 73.2. The minimum atomic E-state index is -0.849. The largest absolute Gasteiger partial charge is 0.462 e. The second-order valence-electron chi connectivity index (χ2n) is 19.5. The Morgan fingerprint density at radius 3 is 0.823 bits per heavy atom. The molecule has 0 saturated heterocycles. The van der Waals surface area contributed by atoms with E-state index in [2.05, 4.69) is 203 Å². The Kier molecular flexibility index (Phi) is 60.1. The molecule has 0 aliphatic carbocycles. The van der Waals surface area contributed by atoms with E-state index in [1.165, 1.54) is 19.3 Å². The van der Waals surface area contributed by atoms with Crippen LogP contribution in [0.15, 0.2) is 194 Å². The van der Waals surface area contributed by atoms with Crippen LogP contribution in [0, 0.1) is 0 Å². The lowest BCUT2D eigenvalue weighted by Crippen LogP contribution is -2.30. The molecule has 438 valence electrons. The van der Waals surface area contributed by atoms with Gasteiger partial charge in [0.25, 0.3) is 0 Å². The molecule has 0 fully saturated rings. The van der Waals surface area contributed by atoms with Crippen molar-refractivity contribution in [3.8, 4) is 0 Å². The van der Waals surface area contributed by atoms with Gasteiger partial charge in [-0.2, -0.15) is 0 Å². The van der Waals surface area contributed by atoms with E-state index in [1.54, 1.807) is 6.08 Å². The van der Waals surface area contributed by atoms with Gasteiger partial charge >= 0.3 is 17.9 Å². The average molecular weight is 1080 g/mol. The summed E-state index contributed by atoms with van der Waals surface area (Å²) in [5, 5.41) is 0. The van der Waals surface area contributed by atoms with Crippen LogP contribution in [-0.4, -0.2) is 37.2 Å². The SMILES string of the molecule is CC/C=C\C/C=C\C/C=C\C/C=C\C/C=C\C/C=C\C/C=C\CCCCCCCCCC(=O)OCC(COC(=O)C/C=C\C/C=C\C/C=C\C/C=C\C/C=C\CC)OC(=O)CCCCCC/C=C\C/C=C\C/C=C\C/C=C\CC. The third kappa shape index (κ3) is 63.0. The molecule has 6 heteroatoms. The van der Waals surface area contributed by atoms with Crippen LogP contribution in [-0.2, 0) is 28.6 Å². The second kappa shape index (κ2) is 64.8. The molecule has 0 amide bonds. The molecule has 0 aromatic rings. The van der Waals surface area contributed by atoms with E-state index >= 15 is 0 Å². The Morgan fingerprint density at radius 1 is 0.266 bits per heavy atom. The molecule has 0 aromatic heterocycles. The van der Waals surface area contributed by atoms with Gasteiger partial charge in [-0.15, -0.1) is 0 Å². The number of unbranched alkanes of at least 4 members (excludes halogenated alkanes) is 11. The van der Waals surface area contributed by atoms with Crippen molar-refractivity contribution in [2.45, 2.75) is 232 Å². The highest BCUT2D eigenvalue weighted by molar-refractivity contribution is 5.72. The minimum Gasteiger partial charge on any atom is -0.462 e. The summed E-state index contributed by atoms with van der Waals surface area (Å²) in [6.45, 7) is 6.16. The summed E-state index contributed by atoms with van der Waals surface area (Å²) in [4.78, 5) is 38.2. The number of allylic oxidation sites excluding steroid dienone is 31. The van der Waals surface area contributed by atoms with Crippen LogP contribution in [0.5, 0.6) is 0 Å². The Hall–Kier alpha value is -5.75. The number of hydrogen-bond acceptors (Lipinski definition) is 6. The van der Waals surface area contributed by atoms with Crippen molar-refractivity contribution in [3.63, 3.8) is 0 Å². The fourth-order valence-electron chi connectivity index (χ4n) is 7.60. The summed E-state index contributed by atoms with van der Waals surface area (Å²) >= 11 is 0. The first-order valence-corrected chi connectivity index (χ1v) is 30.9. The predicted molar refractivity (Wildman–Crippen MR) is 343 cm³/mol. The van der Waals surface area contributed by atoms with Gasteiger partial charge in [0.2, 0.25) is 0 Å². The van der Waals surface area contributed by atoms with Crippen molar-refractivity contribution in [3.05, 3.63) is 194 Å². The second-order valence-corrected chi connectivity index (χ2v) is 19.5. The van der Waals surface area contributed by atoms with E-state index in [9.17, 15) is 14.4 Å². The highest BCUT2D eigenvalue weighted by Gasteiger charge is 2.19. The lowest BCUT2D eigenvalue weighted by molar-refractivity contribution is -0.166. The van der Waals surface area contributed by atoms with Gasteiger partial charge in [0, 0.05) is 12.8 Å². The highest BCUT2D eigenvalue weighted by atomic mass is 16.6. The first-order chi connectivity index (χ1) is 39.0. The molecule has 1 unspecified atom stereocenters. The summed E-state index contributed by atoms with van der Waals surface area (Å²) < 4.78 is 16.8. The number of hydrogen-bond donors (Lipinski definition) is 0. The molecule has 0 N–H and O–H groups in total. The van der Waals surface area contributed by atoms with Crippen molar-refractivity contribution in [1.29, 1.82) is 0 Å². The zero-order chi connectivity index (χ0) is 57.1. The van der Waals surface area contributed by atoms with E-state index in [-0.39, 0.29) is 38.0 Å². The minimum absolute atomic E-state index is 0.109. The summed E-state index contributed by atoms with van der Waals surface area (Å²) in [5.41, 5.74) is 0. The Labute approximate surface area is 484 Å². The van der Waals surface area contributed by atoms with Crippen LogP contribution in [0.2, 0.25) is 0 Å². The summed E-state index contributed by atoms with van der Waals surface area (Å²) in [6, 6.07) is 0. The molecule has 0 saturated carbocycles. The van der Waals surface area contributed by atoms with Gasteiger partial charge in [0.15, 0.2) is 6.10 Å². The molecule has 0 bridgehead atoms. The van der Waals surface area contributed by atoms with Crippen molar-refractivity contribution in [1.82, 2.24) is 0 Å². The van der Waals surface area contributed by atoms with E-state index in [0.29, 0.717) is 12.8 Å². The molecule has 0 heterocycles. The predicted octanol–water partition coefficient (Wildman–Crippen LogP) is 21.4. The molecule has 0 aliphatic heterocycles. The van der Waals surface area contributed by atoms with Crippen LogP contribution in [0.3, 0.4) is 0 Å². The van der Waals surface area contributed by atoms with Crippen molar-refractivity contribution >= 4 is 17.9 Å². The zero-order valence-corrected chi connectivity index (χ0v) is 50.0. The number of carbonyl (C=O) groups excluding carboxylic acids is 3. The molecule has 0 aliphatic rings. The maximum atomic E-state index is 12.9. The Balaban J connectivity index is 4.50. The van der Waals surface area contributed by atoms with E-state index < -0.39 is 12.1 Å². The third-order valence-electron chi connectivity index (χ3n) is 12.1. The number of carbonyl (C=O) groups is 3. The first-order valence-electron chi connectivity index (χ1n) is 30.9. The van der Waals surface area contributed by atoms with Crippen LogP contribution in [0.25, 0.3) is 0 Å². The van der Waals surface area contributed by atoms with Gasteiger partial charge in [-0.3, -0.25) is 14.4 Å². The molecule has 79 heavy (non-hydrogen) atoms. The number of esters is 3. The standard InChI is InChI=1S/C73H110O6/c1-4-7-10-13-16-19-22-25-28-30-31-32-33-34-35-36-37-38-39-40-41-43-45-48-51-54-57-60-63-66-72(75)78-69-70(68-77-71(74)65-62-59-56-53-50-47-44-27-24-21-18-15-12-9-6-3)79-73(76)67-64-61-58-55-52-49-46-42-29-26-23-20-17-14-11-8-5-2/h7-12,16-21,25-29,31-32,34-35,37-38,40-41,44,46,49-50,53,59,62,70H,4-6,13-15,22-24,30,33,36,39,42-43,45,47-48,51-52,54-58,60-61,63-69H2,1-3H3/b10-7-,11-8-,12-9-,19-16-,20-17-,21-18-,28-25-,29-26-,32-31-,35-34-,38-37-,41-40-,44-27-,49-46-,53-50-,62-59-. The Morgan fingerprint density at radius 2 is 0.506 bits per heavy atom.